The Morgan fingerprint density at radius 1 is 0.930 bits per heavy atom. The zero-order valence-corrected chi connectivity index (χ0v) is 27.7. The molecule has 7 nitrogen and oxygen atoms in total. The van der Waals surface area contributed by atoms with Gasteiger partial charge in [0.15, 0.2) is 5.78 Å². The summed E-state index contributed by atoms with van der Waals surface area (Å²) < 4.78 is 12.8. The van der Waals surface area contributed by atoms with Crippen LogP contribution in [0.5, 0.6) is 0 Å². The van der Waals surface area contributed by atoms with Gasteiger partial charge in [0.25, 0.3) is 0 Å². The van der Waals surface area contributed by atoms with E-state index >= 15 is 0 Å². The van der Waals surface area contributed by atoms with Crippen LogP contribution in [0.25, 0.3) is 55.7 Å². The summed E-state index contributed by atoms with van der Waals surface area (Å²) in [5.41, 5.74) is 8.68. The Labute approximate surface area is 264 Å². The first-order valence-corrected chi connectivity index (χ1v) is 14.0. The molecule has 6 aromatic rings. The smallest absolute Gasteiger partial charge is 0.216 e. The second-order valence-corrected chi connectivity index (χ2v) is 11.1. The number of allylic oxidation sites excluding steroid dienone is 2. The molecule has 2 aromatic carbocycles. The van der Waals surface area contributed by atoms with Crippen LogP contribution in [0.3, 0.4) is 0 Å². The fourth-order valence-electron chi connectivity index (χ4n) is 5.18. The van der Waals surface area contributed by atoms with Crippen molar-refractivity contribution in [2.75, 3.05) is 0 Å². The number of carbonyl (C=O) groups is 1. The minimum atomic E-state index is -0.125. The van der Waals surface area contributed by atoms with Gasteiger partial charge >= 0.3 is 0 Å². The monoisotopic (exact) mass is 753 g/mol. The Bertz CT molecular complexity index is 1940. The fraction of sp³-hybridized carbons (Fsp3) is 0.257. The van der Waals surface area contributed by atoms with E-state index in [0.29, 0.717) is 34.4 Å². The van der Waals surface area contributed by atoms with E-state index in [0.717, 1.165) is 38.9 Å². The number of benzene rings is 2. The number of aliphatic hydroxyl groups excluding tert-OH is 1. The van der Waals surface area contributed by atoms with Crippen LogP contribution in [0.2, 0.25) is 0 Å². The van der Waals surface area contributed by atoms with Crippen LogP contribution in [-0.4, -0.2) is 25.8 Å². The van der Waals surface area contributed by atoms with Gasteiger partial charge in [-0.2, -0.15) is 0 Å². The molecule has 0 bridgehead atoms. The maximum absolute atomic E-state index is 10.0. The van der Waals surface area contributed by atoms with Crippen LogP contribution in [0.15, 0.2) is 75.5 Å². The van der Waals surface area contributed by atoms with Crippen LogP contribution in [0, 0.1) is 13.0 Å². The summed E-state index contributed by atoms with van der Waals surface area (Å²) >= 11 is 0. The molecule has 43 heavy (non-hydrogen) atoms. The van der Waals surface area contributed by atoms with Crippen LogP contribution >= 0.6 is 0 Å². The van der Waals surface area contributed by atoms with E-state index in [2.05, 4.69) is 66.9 Å². The van der Waals surface area contributed by atoms with Crippen LogP contribution < -0.4 is 0 Å². The Morgan fingerprint density at radius 3 is 2.23 bits per heavy atom. The van der Waals surface area contributed by atoms with Gasteiger partial charge in [0.2, 0.25) is 5.71 Å². The number of rotatable bonds is 5. The molecule has 0 aliphatic heterocycles. The molecular formula is C35H34IrN3O4-. The molecule has 1 N–H and O–H groups in total. The zero-order chi connectivity index (χ0) is 30.1. The van der Waals surface area contributed by atoms with Crippen molar-refractivity contribution >= 4 is 39.0 Å². The molecule has 223 valence electrons. The Kier molecular flexibility index (Phi) is 9.63. The molecule has 0 unspecified atom stereocenters. The molecule has 1 radical (unpaired) electrons. The summed E-state index contributed by atoms with van der Waals surface area (Å²) in [6.07, 6.45) is 2.74. The van der Waals surface area contributed by atoms with Gasteiger partial charge in [-0.05, 0) is 55.9 Å². The molecule has 0 aliphatic carbocycles. The van der Waals surface area contributed by atoms with E-state index in [1.165, 1.54) is 31.1 Å². The van der Waals surface area contributed by atoms with Crippen molar-refractivity contribution < 1.29 is 38.8 Å². The summed E-state index contributed by atoms with van der Waals surface area (Å²) in [7, 11) is 0. The average Bonchev–Trinajstić information content (AvgIpc) is 3.53. The summed E-state index contributed by atoms with van der Waals surface area (Å²) in [6.45, 7) is 13.7. The minimum absolute atomic E-state index is 0. The molecule has 4 heterocycles. The summed E-state index contributed by atoms with van der Waals surface area (Å²) in [5, 5.41) is 10.3. The van der Waals surface area contributed by atoms with Gasteiger partial charge in [-0.1, -0.05) is 56.8 Å². The SMILES string of the molecule is CC(=O)/C=C(/C)O.Cc1ccc2c(n1)oc1c(-c3ncnc4cc(-c5c(C(C)C)cccc5C(C)C)oc34)[c-]ccc12.[Ir]. The van der Waals surface area contributed by atoms with Gasteiger partial charge in [0.05, 0.1) is 11.3 Å². The fourth-order valence-corrected chi connectivity index (χ4v) is 5.18. The van der Waals surface area contributed by atoms with E-state index < -0.39 is 0 Å². The first-order chi connectivity index (χ1) is 20.0. The number of aliphatic hydroxyl groups is 1. The van der Waals surface area contributed by atoms with Gasteiger partial charge in [-0.15, -0.1) is 18.2 Å². The van der Waals surface area contributed by atoms with Crippen molar-refractivity contribution in [2.24, 2.45) is 0 Å². The van der Waals surface area contributed by atoms with E-state index in [1.807, 2.05) is 37.3 Å². The molecule has 0 saturated carbocycles. The molecule has 0 fully saturated rings. The van der Waals surface area contributed by atoms with Gasteiger partial charge in [0, 0.05) is 54.6 Å². The molecule has 6 rings (SSSR count). The number of fused-ring (bicyclic) bond motifs is 4. The topological polar surface area (TPSA) is 102 Å². The van der Waals surface area contributed by atoms with Crippen molar-refractivity contribution in [2.45, 2.75) is 60.3 Å². The number of aryl methyl sites for hydroxylation is 1. The van der Waals surface area contributed by atoms with Crippen molar-refractivity contribution in [1.82, 2.24) is 15.0 Å². The number of furan rings is 2. The third-order valence-corrected chi connectivity index (χ3v) is 7.02. The summed E-state index contributed by atoms with van der Waals surface area (Å²) in [5.74, 6) is 1.46. The molecule has 8 heteroatoms. The van der Waals surface area contributed by atoms with Crippen molar-refractivity contribution in [3.8, 4) is 22.6 Å². The number of hydrogen-bond acceptors (Lipinski definition) is 7. The summed E-state index contributed by atoms with van der Waals surface area (Å²) in [4.78, 5) is 23.7. The van der Waals surface area contributed by atoms with Gasteiger partial charge in [-0.25, -0.2) is 9.97 Å². The Morgan fingerprint density at radius 2 is 1.63 bits per heavy atom. The zero-order valence-electron chi connectivity index (χ0n) is 25.3. The van der Waals surface area contributed by atoms with Gasteiger partial charge in [0.1, 0.15) is 23.2 Å². The number of hydrogen-bond donors (Lipinski definition) is 1. The van der Waals surface area contributed by atoms with Crippen molar-refractivity contribution in [1.29, 1.82) is 0 Å². The molecule has 0 atom stereocenters. The molecule has 0 amide bonds. The first kappa shape index (κ1) is 31.8. The average molecular weight is 753 g/mol. The number of pyridine rings is 1. The largest absolute Gasteiger partial charge is 0.512 e. The number of nitrogens with zero attached hydrogens (tertiary/aromatic N) is 3. The Balaban J connectivity index is 0.000000475. The maximum atomic E-state index is 10.0. The number of aromatic nitrogens is 3. The minimum Gasteiger partial charge on any atom is -0.512 e. The summed E-state index contributed by atoms with van der Waals surface area (Å²) in [6, 6.07) is 19.8. The van der Waals surface area contributed by atoms with E-state index in [9.17, 15) is 4.79 Å². The second-order valence-electron chi connectivity index (χ2n) is 11.1. The van der Waals surface area contributed by atoms with Crippen molar-refractivity contribution in [3.63, 3.8) is 0 Å². The standard InChI is InChI=1S/C30H26N3O2.C5H8O2.Ir/c1-16(2)19-8-6-9-20(17(3)4)26(19)25-14-24-29(34-25)27(32-15-31-24)23-11-7-10-21-22-13-12-18(5)33-30(22)35-28(21)23;1-4(6)3-5(2)7;/h6-10,12-17H,1-5H3;3,6H,1-2H3;/q-1;;/b;4-3-;. The van der Waals surface area contributed by atoms with Crippen LogP contribution in [-0.2, 0) is 24.9 Å². The third-order valence-electron chi connectivity index (χ3n) is 7.02. The van der Waals surface area contributed by atoms with E-state index in [-0.39, 0.29) is 31.6 Å². The Hall–Kier alpha value is -4.13. The quantitative estimate of drug-likeness (QED) is 0.106. The number of carbonyl (C=O) groups excluding carboxylic acids is 1. The van der Waals surface area contributed by atoms with E-state index in [4.69, 9.17) is 13.9 Å². The molecule has 0 aliphatic rings. The third kappa shape index (κ3) is 6.46. The molecule has 0 saturated heterocycles. The predicted octanol–water partition coefficient (Wildman–Crippen LogP) is 9.24. The van der Waals surface area contributed by atoms with Gasteiger partial charge in [-0.3, -0.25) is 9.78 Å². The molecular weight excluding hydrogens is 719 g/mol. The second kappa shape index (κ2) is 13.0. The molecule has 4 aromatic heterocycles. The maximum Gasteiger partial charge on any atom is 0.216 e. The number of ketones is 1. The predicted molar refractivity (Wildman–Crippen MR) is 167 cm³/mol. The van der Waals surface area contributed by atoms with Crippen LogP contribution in [0.4, 0.5) is 0 Å². The van der Waals surface area contributed by atoms with Crippen LogP contribution in [0.1, 0.15) is 70.2 Å². The van der Waals surface area contributed by atoms with Gasteiger partial charge < -0.3 is 13.9 Å². The first-order valence-electron chi connectivity index (χ1n) is 14.0. The van der Waals surface area contributed by atoms with Crippen molar-refractivity contribution in [3.05, 3.63) is 89.6 Å². The normalized spacial score (nSPS) is 11.7. The van der Waals surface area contributed by atoms with E-state index in [1.54, 1.807) is 6.33 Å². The molecule has 0 spiro atoms.